The summed E-state index contributed by atoms with van der Waals surface area (Å²) in [6, 6.07) is 59.4. The number of fused-ring (bicyclic) bond motifs is 14. The van der Waals surface area contributed by atoms with Crippen molar-refractivity contribution in [1.29, 1.82) is 0 Å². The number of benzene rings is 8. The molecule has 0 nitrogen and oxygen atoms in total. The van der Waals surface area contributed by atoms with Crippen molar-refractivity contribution < 1.29 is 0 Å². The van der Waals surface area contributed by atoms with Gasteiger partial charge in [0.15, 0.2) is 0 Å². The van der Waals surface area contributed by atoms with Gasteiger partial charge in [-0.3, -0.25) is 0 Å². The molecule has 0 aromatic heterocycles. The molecular weight excluding hydrogens is 573 g/mol. The Hall–Kier alpha value is -5.37. The second kappa shape index (κ2) is 8.88. The summed E-state index contributed by atoms with van der Waals surface area (Å²) in [6.45, 7) is 0. The normalized spacial score (nSPS) is 16.3. The maximum atomic E-state index is 2.46. The molecule has 11 rings (SSSR count). The molecule has 0 saturated heterocycles. The third-order valence-corrected chi connectivity index (χ3v) is 11.8. The van der Waals surface area contributed by atoms with Gasteiger partial charge in [0.2, 0.25) is 0 Å². The van der Waals surface area contributed by atoms with E-state index in [9.17, 15) is 0 Å². The Morgan fingerprint density at radius 2 is 1.04 bits per heavy atom. The molecule has 1 atom stereocenters. The summed E-state index contributed by atoms with van der Waals surface area (Å²) in [7, 11) is 0. The van der Waals surface area contributed by atoms with Crippen molar-refractivity contribution in [3.8, 4) is 44.5 Å². The summed E-state index contributed by atoms with van der Waals surface area (Å²) in [5.74, 6) is 0. The fourth-order valence-corrected chi connectivity index (χ4v) is 10.1. The van der Waals surface area contributed by atoms with E-state index in [-0.39, 0.29) is 0 Å². The smallest absolute Gasteiger partial charge is 0.0731 e. The van der Waals surface area contributed by atoms with Crippen molar-refractivity contribution >= 4 is 33.3 Å². The average molecular weight is 599 g/mol. The Morgan fingerprint density at radius 3 is 1.96 bits per heavy atom. The summed E-state index contributed by atoms with van der Waals surface area (Å²) >= 11 is 1.91. The van der Waals surface area contributed by atoms with Crippen LogP contribution < -0.4 is 0 Å². The van der Waals surface area contributed by atoms with Gasteiger partial charge in [-0.1, -0.05) is 151 Å². The standard InChI is InChI=1S/C45H26S/c1-2-13-30-27(11-1)23-24-39-43(30)36-16-4-7-21-38(36)45(39)37-20-6-3-14-32(37)35-19-10-17-31(44(35)45)29-25-28-12-9-18-34-33-15-5-8-22-40(33)46-41(26-29)42(28)34/h1-26H. The summed E-state index contributed by atoms with van der Waals surface area (Å²) in [4.78, 5) is 2.66. The van der Waals surface area contributed by atoms with E-state index in [2.05, 4.69) is 158 Å². The van der Waals surface area contributed by atoms with E-state index in [1.54, 1.807) is 0 Å². The summed E-state index contributed by atoms with van der Waals surface area (Å²) in [6.07, 6.45) is 0. The van der Waals surface area contributed by atoms with Crippen LogP contribution >= 0.6 is 11.8 Å². The minimum absolute atomic E-state index is 0.410. The van der Waals surface area contributed by atoms with Crippen molar-refractivity contribution in [2.24, 2.45) is 0 Å². The van der Waals surface area contributed by atoms with E-state index >= 15 is 0 Å². The molecule has 0 amide bonds. The molecule has 8 aromatic rings. The summed E-state index contributed by atoms with van der Waals surface area (Å²) in [5.41, 5.74) is 15.8. The number of rotatable bonds is 1. The topological polar surface area (TPSA) is 0 Å². The van der Waals surface area contributed by atoms with Gasteiger partial charge in [-0.2, -0.15) is 0 Å². The highest BCUT2D eigenvalue weighted by molar-refractivity contribution is 7.99. The third-order valence-electron chi connectivity index (χ3n) is 10.6. The molecule has 0 N–H and O–H groups in total. The van der Waals surface area contributed by atoms with Gasteiger partial charge in [0.05, 0.1) is 5.41 Å². The fourth-order valence-electron chi connectivity index (χ4n) is 8.95. The van der Waals surface area contributed by atoms with E-state index in [4.69, 9.17) is 0 Å². The zero-order valence-corrected chi connectivity index (χ0v) is 25.7. The maximum Gasteiger partial charge on any atom is 0.0731 e. The predicted octanol–water partition coefficient (Wildman–Crippen LogP) is 12.1. The molecule has 8 aromatic carbocycles. The third kappa shape index (κ3) is 2.97. The Morgan fingerprint density at radius 1 is 0.391 bits per heavy atom. The van der Waals surface area contributed by atoms with Crippen LogP contribution in [0.3, 0.4) is 0 Å². The fraction of sp³-hybridized carbons (Fsp3) is 0.0222. The van der Waals surface area contributed by atoms with Crippen molar-refractivity contribution in [2.45, 2.75) is 15.2 Å². The first-order valence-electron chi connectivity index (χ1n) is 16.0. The van der Waals surface area contributed by atoms with Crippen LogP contribution in [0.5, 0.6) is 0 Å². The maximum absolute atomic E-state index is 2.46. The van der Waals surface area contributed by atoms with Gasteiger partial charge in [-0.05, 0) is 101 Å². The lowest BCUT2D eigenvalue weighted by Crippen LogP contribution is -2.26. The lowest BCUT2D eigenvalue weighted by molar-refractivity contribution is 0.796. The Bertz CT molecular complexity index is 2630. The van der Waals surface area contributed by atoms with E-state index < -0.39 is 5.41 Å². The Balaban J connectivity index is 1.27. The van der Waals surface area contributed by atoms with Gasteiger partial charge in [0.25, 0.3) is 0 Å². The molecule has 0 bridgehead atoms. The van der Waals surface area contributed by atoms with Crippen LogP contribution in [0.25, 0.3) is 66.1 Å². The van der Waals surface area contributed by atoms with Crippen LogP contribution in [0, 0.1) is 0 Å². The lowest BCUT2D eigenvalue weighted by atomic mass is 9.68. The minimum atomic E-state index is -0.410. The Kier molecular flexibility index (Phi) is 4.80. The lowest BCUT2D eigenvalue weighted by Gasteiger charge is -2.32. The minimum Gasteiger partial charge on any atom is -0.0888 e. The zero-order chi connectivity index (χ0) is 30.0. The molecule has 0 saturated carbocycles. The first kappa shape index (κ1) is 24.9. The monoisotopic (exact) mass is 598 g/mol. The van der Waals surface area contributed by atoms with Crippen molar-refractivity contribution in [3.05, 3.63) is 180 Å². The molecule has 1 aliphatic heterocycles. The molecule has 1 heteroatoms. The number of hydrogen-bond acceptors (Lipinski definition) is 1. The van der Waals surface area contributed by atoms with Crippen LogP contribution in [0.2, 0.25) is 0 Å². The number of hydrogen-bond donors (Lipinski definition) is 0. The Labute approximate surface area is 272 Å². The highest BCUT2D eigenvalue weighted by atomic mass is 32.2. The van der Waals surface area contributed by atoms with Gasteiger partial charge in [-0.25, -0.2) is 0 Å². The zero-order valence-electron chi connectivity index (χ0n) is 24.9. The first-order valence-corrected chi connectivity index (χ1v) is 16.8. The van der Waals surface area contributed by atoms with E-state index in [1.807, 2.05) is 11.8 Å². The van der Waals surface area contributed by atoms with Gasteiger partial charge in [0, 0.05) is 15.2 Å². The van der Waals surface area contributed by atoms with E-state index in [0.29, 0.717) is 0 Å². The molecule has 46 heavy (non-hydrogen) atoms. The molecule has 1 unspecified atom stereocenters. The summed E-state index contributed by atoms with van der Waals surface area (Å²) < 4.78 is 0. The van der Waals surface area contributed by atoms with Gasteiger partial charge in [-0.15, -0.1) is 0 Å². The van der Waals surface area contributed by atoms with Gasteiger partial charge >= 0.3 is 0 Å². The van der Waals surface area contributed by atoms with Crippen LogP contribution in [0.4, 0.5) is 0 Å². The van der Waals surface area contributed by atoms with Gasteiger partial charge < -0.3 is 0 Å². The first-order chi connectivity index (χ1) is 22.8. The van der Waals surface area contributed by atoms with Crippen molar-refractivity contribution in [2.75, 3.05) is 0 Å². The highest BCUT2D eigenvalue weighted by Gasteiger charge is 2.53. The van der Waals surface area contributed by atoms with Crippen LogP contribution in [-0.2, 0) is 5.41 Å². The molecule has 2 aliphatic carbocycles. The molecule has 1 spiro atoms. The van der Waals surface area contributed by atoms with Crippen molar-refractivity contribution in [1.82, 2.24) is 0 Å². The highest BCUT2D eigenvalue weighted by Crippen LogP contribution is 2.65. The molecule has 0 fully saturated rings. The molecule has 212 valence electrons. The molecular formula is C45H26S. The average Bonchev–Trinajstić information content (AvgIpc) is 3.59. The second-order valence-corrected chi connectivity index (χ2v) is 13.8. The van der Waals surface area contributed by atoms with Crippen LogP contribution in [0.1, 0.15) is 22.3 Å². The molecule has 0 radical (unpaired) electrons. The van der Waals surface area contributed by atoms with Crippen molar-refractivity contribution in [3.63, 3.8) is 0 Å². The van der Waals surface area contributed by atoms with E-state index in [0.717, 1.165) is 0 Å². The predicted molar refractivity (Wildman–Crippen MR) is 193 cm³/mol. The SMILES string of the molecule is c1ccc2c(c1)Sc1cc(-c3cccc4c3C3(c5ccccc5-4)c4ccccc4-c4c3ccc3ccccc43)cc3cccc-2c13. The van der Waals surface area contributed by atoms with E-state index in [1.165, 1.54) is 98.1 Å². The largest absolute Gasteiger partial charge is 0.0888 e. The van der Waals surface area contributed by atoms with Crippen LogP contribution in [0.15, 0.2) is 168 Å². The second-order valence-electron chi connectivity index (χ2n) is 12.8. The van der Waals surface area contributed by atoms with Crippen LogP contribution in [-0.4, -0.2) is 0 Å². The van der Waals surface area contributed by atoms with Gasteiger partial charge in [0.1, 0.15) is 0 Å². The molecule has 1 heterocycles. The summed E-state index contributed by atoms with van der Waals surface area (Å²) in [5, 5.41) is 5.27. The molecule has 3 aliphatic rings. The quantitative estimate of drug-likeness (QED) is 0.181.